The minimum atomic E-state index is -0.0298. The second-order valence-corrected chi connectivity index (χ2v) is 3.93. The van der Waals surface area contributed by atoms with Gasteiger partial charge in [-0.3, -0.25) is 4.79 Å². The van der Waals surface area contributed by atoms with Crippen LogP contribution < -0.4 is 5.32 Å². The van der Waals surface area contributed by atoms with Crippen LogP contribution in [0, 0.1) is 11.8 Å². The lowest BCUT2D eigenvalue weighted by molar-refractivity contribution is -0.144. The molecule has 1 saturated heterocycles. The van der Waals surface area contributed by atoms with Crippen molar-refractivity contribution in [3.8, 4) is 0 Å². The van der Waals surface area contributed by atoms with Crippen LogP contribution in [-0.2, 0) is 9.53 Å². The summed E-state index contributed by atoms with van der Waals surface area (Å²) in [5.41, 5.74) is 0. The lowest BCUT2D eigenvalue weighted by Crippen LogP contribution is -2.37. The molecule has 14 heavy (non-hydrogen) atoms. The molecular weight excluding hydrogens is 178 g/mol. The number of hydrogen-bond donors (Lipinski definition) is 1. The van der Waals surface area contributed by atoms with Gasteiger partial charge in [0.2, 0.25) is 0 Å². The van der Waals surface area contributed by atoms with Gasteiger partial charge in [-0.1, -0.05) is 13.3 Å². The lowest BCUT2D eigenvalue weighted by Gasteiger charge is -2.30. The molecule has 1 aliphatic rings. The van der Waals surface area contributed by atoms with E-state index in [0.717, 1.165) is 25.9 Å². The summed E-state index contributed by atoms with van der Waals surface area (Å²) in [5, 5.41) is 3.37. The topological polar surface area (TPSA) is 38.3 Å². The van der Waals surface area contributed by atoms with Crippen LogP contribution in [0.1, 0.15) is 33.1 Å². The first kappa shape index (κ1) is 11.5. The molecule has 3 nitrogen and oxygen atoms in total. The van der Waals surface area contributed by atoms with Gasteiger partial charge >= 0.3 is 5.97 Å². The molecule has 0 aromatic heterocycles. The van der Waals surface area contributed by atoms with E-state index in [-0.39, 0.29) is 5.97 Å². The Morgan fingerprint density at radius 3 is 2.86 bits per heavy atom. The number of nitrogens with one attached hydrogen (secondary N) is 1. The third-order valence-corrected chi connectivity index (χ3v) is 3.02. The van der Waals surface area contributed by atoms with E-state index in [1.165, 1.54) is 0 Å². The summed E-state index contributed by atoms with van der Waals surface area (Å²) in [6, 6.07) is 0. The maximum atomic E-state index is 11.3. The number of ether oxygens (including phenoxy) is 1. The first-order chi connectivity index (χ1) is 6.77. The second kappa shape index (κ2) is 6.02. The predicted molar refractivity (Wildman–Crippen MR) is 56.0 cm³/mol. The molecule has 82 valence electrons. The molecule has 0 amide bonds. The van der Waals surface area contributed by atoms with E-state index >= 15 is 0 Å². The smallest absolute Gasteiger partial charge is 0.306 e. The highest BCUT2D eigenvalue weighted by Gasteiger charge is 2.25. The lowest BCUT2D eigenvalue weighted by atomic mass is 9.82. The summed E-state index contributed by atoms with van der Waals surface area (Å²) in [5.74, 6) is 1.14. The Hall–Kier alpha value is -0.570. The van der Waals surface area contributed by atoms with E-state index in [1.54, 1.807) is 0 Å². The van der Waals surface area contributed by atoms with Crippen LogP contribution in [0.2, 0.25) is 0 Å². The van der Waals surface area contributed by atoms with E-state index in [2.05, 4.69) is 12.2 Å². The van der Waals surface area contributed by atoms with Crippen LogP contribution in [0.4, 0.5) is 0 Å². The van der Waals surface area contributed by atoms with Crippen molar-refractivity contribution < 1.29 is 9.53 Å². The zero-order valence-corrected chi connectivity index (χ0v) is 9.21. The fourth-order valence-electron chi connectivity index (χ4n) is 2.16. The minimum absolute atomic E-state index is 0.0298. The molecule has 0 spiro atoms. The van der Waals surface area contributed by atoms with Gasteiger partial charge in [0.25, 0.3) is 0 Å². The van der Waals surface area contributed by atoms with Crippen LogP contribution in [0.5, 0.6) is 0 Å². The van der Waals surface area contributed by atoms with Crippen molar-refractivity contribution in [3.63, 3.8) is 0 Å². The second-order valence-electron chi connectivity index (χ2n) is 3.93. The van der Waals surface area contributed by atoms with E-state index < -0.39 is 0 Å². The van der Waals surface area contributed by atoms with Crippen molar-refractivity contribution in [1.82, 2.24) is 5.32 Å². The molecule has 1 rings (SSSR count). The molecule has 2 atom stereocenters. The minimum Gasteiger partial charge on any atom is -0.466 e. The van der Waals surface area contributed by atoms with Crippen LogP contribution in [-0.4, -0.2) is 25.7 Å². The fraction of sp³-hybridized carbons (Fsp3) is 0.909. The summed E-state index contributed by atoms with van der Waals surface area (Å²) in [6.45, 7) is 6.65. The summed E-state index contributed by atoms with van der Waals surface area (Å²) in [6.07, 6.45) is 2.86. The number of esters is 1. The van der Waals surface area contributed by atoms with E-state index in [9.17, 15) is 4.79 Å². The molecule has 0 aromatic rings. The average molecular weight is 199 g/mol. The van der Waals surface area contributed by atoms with Crippen LogP contribution in [0.3, 0.4) is 0 Å². The Kier molecular flexibility index (Phi) is 4.94. The van der Waals surface area contributed by atoms with Crippen molar-refractivity contribution in [1.29, 1.82) is 0 Å². The monoisotopic (exact) mass is 199 g/mol. The third-order valence-electron chi connectivity index (χ3n) is 3.02. The Labute approximate surface area is 86.2 Å². The molecule has 0 saturated carbocycles. The van der Waals surface area contributed by atoms with E-state index in [1.807, 2.05) is 6.92 Å². The van der Waals surface area contributed by atoms with Gasteiger partial charge in [0, 0.05) is 6.42 Å². The highest BCUT2D eigenvalue weighted by atomic mass is 16.5. The molecule has 1 heterocycles. The van der Waals surface area contributed by atoms with Gasteiger partial charge in [-0.25, -0.2) is 0 Å². The quantitative estimate of drug-likeness (QED) is 0.698. The SMILES string of the molecule is CCOC(=O)C[C@H]1CCNC[C@H]1CC. The molecule has 1 N–H and O–H groups in total. The number of piperidine rings is 1. The zero-order chi connectivity index (χ0) is 10.4. The van der Waals surface area contributed by atoms with Crippen molar-refractivity contribution in [2.75, 3.05) is 19.7 Å². The summed E-state index contributed by atoms with van der Waals surface area (Å²) >= 11 is 0. The maximum absolute atomic E-state index is 11.3. The molecule has 1 fully saturated rings. The number of carbonyl (C=O) groups is 1. The molecule has 0 aromatic carbocycles. The van der Waals surface area contributed by atoms with Crippen LogP contribution >= 0.6 is 0 Å². The van der Waals surface area contributed by atoms with Gasteiger partial charge < -0.3 is 10.1 Å². The molecule has 0 unspecified atom stereocenters. The first-order valence-corrected chi connectivity index (χ1v) is 5.64. The van der Waals surface area contributed by atoms with Crippen molar-refractivity contribution in [3.05, 3.63) is 0 Å². The third kappa shape index (κ3) is 3.29. The van der Waals surface area contributed by atoms with Crippen molar-refractivity contribution in [2.24, 2.45) is 11.8 Å². The predicted octanol–water partition coefficient (Wildman–Crippen LogP) is 1.58. The van der Waals surface area contributed by atoms with Gasteiger partial charge in [0.05, 0.1) is 6.61 Å². The Morgan fingerprint density at radius 2 is 2.21 bits per heavy atom. The van der Waals surface area contributed by atoms with Gasteiger partial charge in [0.1, 0.15) is 0 Å². The molecule has 1 aliphatic heterocycles. The van der Waals surface area contributed by atoms with Crippen molar-refractivity contribution in [2.45, 2.75) is 33.1 Å². The Morgan fingerprint density at radius 1 is 1.43 bits per heavy atom. The zero-order valence-electron chi connectivity index (χ0n) is 9.21. The standard InChI is InChI=1S/C11H21NO2/c1-3-9-8-12-6-5-10(9)7-11(13)14-4-2/h9-10,12H,3-8H2,1-2H3/t9-,10-/m1/s1. The van der Waals surface area contributed by atoms with E-state index in [0.29, 0.717) is 24.9 Å². The largest absolute Gasteiger partial charge is 0.466 e. The molecule has 0 bridgehead atoms. The number of hydrogen-bond acceptors (Lipinski definition) is 3. The van der Waals surface area contributed by atoms with Gasteiger partial charge in [0.15, 0.2) is 0 Å². The van der Waals surface area contributed by atoms with Crippen LogP contribution in [0.15, 0.2) is 0 Å². The Bertz CT molecular complexity index is 182. The van der Waals surface area contributed by atoms with Gasteiger partial charge in [-0.2, -0.15) is 0 Å². The van der Waals surface area contributed by atoms with E-state index in [4.69, 9.17) is 4.74 Å². The van der Waals surface area contributed by atoms with Crippen LogP contribution in [0.25, 0.3) is 0 Å². The molecule has 3 heteroatoms. The van der Waals surface area contributed by atoms with Gasteiger partial charge in [-0.05, 0) is 38.3 Å². The summed E-state index contributed by atoms with van der Waals surface area (Å²) in [4.78, 5) is 11.3. The number of rotatable bonds is 4. The molecule has 0 aliphatic carbocycles. The molecular formula is C11H21NO2. The fourth-order valence-corrected chi connectivity index (χ4v) is 2.16. The summed E-state index contributed by atoms with van der Waals surface area (Å²) < 4.78 is 4.98. The average Bonchev–Trinajstić information content (AvgIpc) is 2.19. The summed E-state index contributed by atoms with van der Waals surface area (Å²) in [7, 11) is 0. The van der Waals surface area contributed by atoms with Crippen molar-refractivity contribution >= 4 is 5.97 Å². The highest BCUT2D eigenvalue weighted by Crippen LogP contribution is 2.25. The maximum Gasteiger partial charge on any atom is 0.306 e. The number of carbonyl (C=O) groups excluding carboxylic acids is 1. The van der Waals surface area contributed by atoms with Gasteiger partial charge in [-0.15, -0.1) is 0 Å². The normalized spacial score (nSPS) is 27.3. The first-order valence-electron chi connectivity index (χ1n) is 5.64. The highest BCUT2D eigenvalue weighted by molar-refractivity contribution is 5.69. The Balaban J connectivity index is 2.36. The molecule has 0 radical (unpaired) electrons.